The van der Waals surface area contributed by atoms with Crippen LogP contribution in [0.15, 0.2) is 40.3 Å². The summed E-state index contributed by atoms with van der Waals surface area (Å²) in [5.41, 5.74) is 1.13. The molecule has 0 amide bonds. The SMILES string of the molecule is CCNc1nc(Sc2ccc(C)cc2)c(F)cc1F. The fourth-order valence-corrected chi connectivity index (χ4v) is 2.32. The monoisotopic (exact) mass is 280 g/mol. The molecule has 0 aliphatic heterocycles. The number of halogens is 2. The molecule has 1 N–H and O–H groups in total. The molecule has 2 aromatic rings. The fraction of sp³-hybridized carbons (Fsp3) is 0.214. The normalized spacial score (nSPS) is 10.5. The van der Waals surface area contributed by atoms with Crippen LogP contribution >= 0.6 is 11.8 Å². The highest BCUT2D eigenvalue weighted by atomic mass is 32.2. The summed E-state index contributed by atoms with van der Waals surface area (Å²) >= 11 is 1.18. The van der Waals surface area contributed by atoms with E-state index in [1.807, 2.05) is 38.1 Å². The van der Waals surface area contributed by atoms with Crippen LogP contribution in [0.4, 0.5) is 14.6 Å². The van der Waals surface area contributed by atoms with Gasteiger partial charge in [0.2, 0.25) is 0 Å². The summed E-state index contributed by atoms with van der Waals surface area (Å²) in [5.74, 6) is -1.24. The lowest BCUT2D eigenvalue weighted by Gasteiger charge is -2.08. The number of rotatable bonds is 4. The van der Waals surface area contributed by atoms with Crippen molar-refractivity contribution in [2.24, 2.45) is 0 Å². The maximum Gasteiger partial charge on any atom is 0.168 e. The lowest BCUT2D eigenvalue weighted by molar-refractivity contribution is 0.551. The lowest BCUT2D eigenvalue weighted by atomic mass is 10.2. The largest absolute Gasteiger partial charge is 0.368 e. The first-order chi connectivity index (χ1) is 9.10. The number of nitrogens with one attached hydrogen (secondary N) is 1. The Kier molecular flexibility index (Phi) is 4.37. The molecule has 0 atom stereocenters. The van der Waals surface area contributed by atoms with E-state index < -0.39 is 11.6 Å². The number of aryl methyl sites for hydroxylation is 1. The number of hydrogen-bond donors (Lipinski definition) is 1. The second-order valence-corrected chi connectivity index (χ2v) is 5.11. The fourth-order valence-electron chi connectivity index (χ4n) is 1.53. The van der Waals surface area contributed by atoms with Crippen LogP contribution in [-0.4, -0.2) is 11.5 Å². The van der Waals surface area contributed by atoms with E-state index in [2.05, 4.69) is 10.3 Å². The van der Waals surface area contributed by atoms with Crippen molar-refractivity contribution in [3.05, 3.63) is 47.5 Å². The van der Waals surface area contributed by atoms with Gasteiger partial charge in [0, 0.05) is 17.5 Å². The van der Waals surface area contributed by atoms with Gasteiger partial charge in [0.15, 0.2) is 17.5 Å². The molecule has 1 aromatic carbocycles. The summed E-state index contributed by atoms with van der Waals surface area (Å²) < 4.78 is 27.1. The Morgan fingerprint density at radius 1 is 1.16 bits per heavy atom. The van der Waals surface area contributed by atoms with Gasteiger partial charge in [-0.25, -0.2) is 13.8 Å². The average molecular weight is 280 g/mol. The predicted octanol–water partition coefficient (Wildman–Crippen LogP) is 4.25. The molecule has 0 aliphatic carbocycles. The highest BCUT2D eigenvalue weighted by Gasteiger charge is 2.12. The van der Waals surface area contributed by atoms with Crippen LogP contribution in [-0.2, 0) is 0 Å². The van der Waals surface area contributed by atoms with Gasteiger partial charge in [-0.15, -0.1) is 0 Å². The van der Waals surface area contributed by atoms with E-state index in [1.54, 1.807) is 0 Å². The van der Waals surface area contributed by atoms with Gasteiger partial charge >= 0.3 is 0 Å². The van der Waals surface area contributed by atoms with E-state index in [0.29, 0.717) is 6.54 Å². The molecular formula is C14H14F2N2S. The van der Waals surface area contributed by atoms with Crippen LogP contribution in [0.3, 0.4) is 0 Å². The minimum atomic E-state index is -0.674. The van der Waals surface area contributed by atoms with E-state index in [0.717, 1.165) is 16.5 Å². The van der Waals surface area contributed by atoms with Crippen LogP contribution in [0, 0.1) is 18.6 Å². The van der Waals surface area contributed by atoms with Crippen molar-refractivity contribution in [3.8, 4) is 0 Å². The van der Waals surface area contributed by atoms with Crippen molar-refractivity contribution in [1.82, 2.24) is 4.98 Å². The van der Waals surface area contributed by atoms with Crippen molar-refractivity contribution >= 4 is 17.6 Å². The van der Waals surface area contributed by atoms with Gasteiger partial charge in [0.05, 0.1) is 0 Å². The van der Waals surface area contributed by atoms with Crippen molar-refractivity contribution < 1.29 is 8.78 Å². The summed E-state index contributed by atoms with van der Waals surface area (Å²) in [6.45, 7) is 4.34. The first-order valence-electron chi connectivity index (χ1n) is 5.94. The quantitative estimate of drug-likeness (QED) is 0.906. The summed E-state index contributed by atoms with van der Waals surface area (Å²) in [4.78, 5) is 4.85. The van der Waals surface area contributed by atoms with Gasteiger partial charge in [0.25, 0.3) is 0 Å². The summed E-state index contributed by atoms with van der Waals surface area (Å²) in [7, 11) is 0. The molecule has 0 aliphatic rings. The predicted molar refractivity (Wildman–Crippen MR) is 73.6 cm³/mol. The Bertz CT molecular complexity index is 570. The molecule has 0 bridgehead atoms. The molecule has 0 unspecified atom stereocenters. The molecule has 1 heterocycles. The Hall–Kier alpha value is -1.62. The van der Waals surface area contributed by atoms with Gasteiger partial charge in [-0.3, -0.25) is 0 Å². The van der Waals surface area contributed by atoms with Gasteiger partial charge in [-0.2, -0.15) is 0 Å². The first-order valence-corrected chi connectivity index (χ1v) is 6.76. The highest BCUT2D eigenvalue weighted by Crippen LogP contribution is 2.30. The zero-order valence-electron chi connectivity index (χ0n) is 10.7. The lowest BCUT2D eigenvalue weighted by Crippen LogP contribution is -2.04. The van der Waals surface area contributed by atoms with Gasteiger partial charge in [-0.1, -0.05) is 29.5 Å². The summed E-state index contributed by atoms with van der Waals surface area (Å²) in [6, 6.07) is 8.51. The second kappa shape index (κ2) is 6.02. The standard InChI is InChI=1S/C14H14F2N2S/c1-3-17-13-11(15)8-12(16)14(18-13)19-10-6-4-9(2)5-7-10/h4-8H,3H2,1-2H3,(H,17,18). The zero-order chi connectivity index (χ0) is 13.8. The molecule has 1 aromatic heterocycles. The average Bonchev–Trinajstić information content (AvgIpc) is 2.38. The Morgan fingerprint density at radius 3 is 2.47 bits per heavy atom. The van der Waals surface area contributed by atoms with Gasteiger partial charge < -0.3 is 5.32 Å². The molecule has 0 saturated carbocycles. The minimum absolute atomic E-state index is 0.0820. The first kappa shape index (κ1) is 13.8. The second-order valence-electron chi connectivity index (χ2n) is 4.05. The summed E-state index contributed by atoms with van der Waals surface area (Å²) in [6.07, 6.45) is 0. The molecule has 2 nitrogen and oxygen atoms in total. The van der Waals surface area contributed by atoms with Crippen molar-refractivity contribution in [2.45, 2.75) is 23.8 Å². The number of nitrogens with zero attached hydrogens (tertiary/aromatic N) is 1. The Balaban J connectivity index is 2.28. The topological polar surface area (TPSA) is 24.9 Å². The summed E-state index contributed by atoms with van der Waals surface area (Å²) in [5, 5.41) is 2.94. The molecule has 5 heteroatoms. The molecule has 0 radical (unpaired) electrons. The molecule has 0 fully saturated rings. The smallest absolute Gasteiger partial charge is 0.168 e. The number of anilines is 1. The van der Waals surface area contributed by atoms with E-state index in [1.165, 1.54) is 11.8 Å². The molecular weight excluding hydrogens is 266 g/mol. The molecule has 0 saturated heterocycles. The third-order valence-electron chi connectivity index (χ3n) is 2.48. The molecule has 19 heavy (non-hydrogen) atoms. The number of aromatic nitrogens is 1. The van der Waals surface area contributed by atoms with Crippen molar-refractivity contribution in [1.29, 1.82) is 0 Å². The van der Waals surface area contributed by atoms with Crippen LogP contribution < -0.4 is 5.32 Å². The molecule has 0 spiro atoms. The number of pyridine rings is 1. The van der Waals surface area contributed by atoms with Gasteiger partial charge in [-0.05, 0) is 26.0 Å². The van der Waals surface area contributed by atoms with Crippen molar-refractivity contribution in [3.63, 3.8) is 0 Å². The van der Waals surface area contributed by atoms with E-state index in [-0.39, 0.29) is 10.8 Å². The molecule has 100 valence electrons. The minimum Gasteiger partial charge on any atom is -0.368 e. The zero-order valence-corrected chi connectivity index (χ0v) is 11.5. The molecule has 2 rings (SSSR count). The van der Waals surface area contributed by atoms with E-state index >= 15 is 0 Å². The van der Waals surface area contributed by atoms with Crippen LogP contribution in [0.5, 0.6) is 0 Å². The van der Waals surface area contributed by atoms with Crippen LogP contribution in [0.2, 0.25) is 0 Å². The third-order valence-corrected chi connectivity index (χ3v) is 3.46. The number of hydrogen-bond acceptors (Lipinski definition) is 3. The Morgan fingerprint density at radius 2 is 1.84 bits per heavy atom. The van der Waals surface area contributed by atoms with E-state index in [4.69, 9.17) is 0 Å². The van der Waals surface area contributed by atoms with E-state index in [9.17, 15) is 8.78 Å². The third kappa shape index (κ3) is 3.44. The number of benzene rings is 1. The van der Waals surface area contributed by atoms with Crippen LogP contribution in [0.1, 0.15) is 12.5 Å². The van der Waals surface area contributed by atoms with Crippen molar-refractivity contribution in [2.75, 3.05) is 11.9 Å². The maximum atomic E-state index is 13.7. The maximum absolute atomic E-state index is 13.7. The van der Waals surface area contributed by atoms with Crippen LogP contribution in [0.25, 0.3) is 0 Å². The highest BCUT2D eigenvalue weighted by molar-refractivity contribution is 7.99. The Labute approximate surface area is 115 Å². The van der Waals surface area contributed by atoms with Gasteiger partial charge in [0.1, 0.15) is 5.03 Å².